The number of para-hydroxylation sites is 1. The molecule has 2 nitrogen and oxygen atoms in total. The Bertz CT molecular complexity index is 4230. The van der Waals surface area contributed by atoms with Gasteiger partial charge in [-0.15, -0.1) is 0 Å². The van der Waals surface area contributed by atoms with Gasteiger partial charge in [-0.2, -0.15) is 0 Å². The van der Waals surface area contributed by atoms with Gasteiger partial charge < -0.3 is 9.47 Å². The first-order chi connectivity index (χ1) is 37.8. The average Bonchev–Trinajstić information content (AvgIpc) is 2.64. The van der Waals surface area contributed by atoms with E-state index in [2.05, 4.69) is 314 Å². The van der Waals surface area contributed by atoms with E-state index in [1.165, 1.54) is 121 Å². The predicted molar refractivity (Wildman–Crippen MR) is 349 cm³/mol. The van der Waals surface area contributed by atoms with Gasteiger partial charge in [0.25, 0.3) is 0 Å². The summed E-state index contributed by atoms with van der Waals surface area (Å²) >= 11 is 0. The Hall–Kier alpha value is -7.94. The standard InChI is InChI=1S/C78H78N2/c1-74(2,3)54-32-24-50(25-33-54)60-20-16-17-21-61(60)62-22-18-19-23-67(62)79(59-36-26-49(27-37-59)53-44-57(77(10,11)12)46-58(45-53)78(13,14)15)68-40-30-51-29-39-64-69(41-31-52-28-38-63(68)72(51)73(52)64)80-70-42-34-55(75(4,5)6)47-65(70)66-48-56(76(7,8)9)35-43-71(66)80/h16-48H,1-15H3. The van der Waals surface area contributed by atoms with Crippen molar-refractivity contribution in [3.8, 4) is 39.1 Å². The van der Waals surface area contributed by atoms with Gasteiger partial charge in [0.1, 0.15) is 0 Å². The van der Waals surface area contributed by atoms with Crippen LogP contribution in [0.2, 0.25) is 0 Å². The van der Waals surface area contributed by atoms with Gasteiger partial charge in [-0.1, -0.05) is 249 Å². The van der Waals surface area contributed by atoms with Crippen LogP contribution in [-0.2, 0) is 27.1 Å². The van der Waals surface area contributed by atoms with Crippen molar-refractivity contribution in [1.29, 1.82) is 0 Å². The lowest BCUT2D eigenvalue weighted by Gasteiger charge is -2.30. The summed E-state index contributed by atoms with van der Waals surface area (Å²) < 4.78 is 2.54. The van der Waals surface area contributed by atoms with E-state index in [9.17, 15) is 0 Å². The van der Waals surface area contributed by atoms with Crippen molar-refractivity contribution in [1.82, 2.24) is 4.57 Å². The molecule has 11 aromatic carbocycles. The number of hydrogen-bond acceptors (Lipinski definition) is 1. The molecule has 0 aliphatic carbocycles. The summed E-state index contributed by atoms with van der Waals surface area (Å²) in [5, 5.41) is 10.1. The Kier molecular flexibility index (Phi) is 12.4. The van der Waals surface area contributed by atoms with Gasteiger partial charge >= 0.3 is 0 Å². The molecule has 0 bridgehead atoms. The van der Waals surface area contributed by atoms with Crippen LogP contribution in [0.15, 0.2) is 200 Å². The fraction of sp³-hybridized carbons (Fsp3) is 0.256. The van der Waals surface area contributed by atoms with Crippen molar-refractivity contribution in [2.75, 3.05) is 4.90 Å². The van der Waals surface area contributed by atoms with Gasteiger partial charge in [0.2, 0.25) is 0 Å². The topological polar surface area (TPSA) is 8.17 Å². The largest absolute Gasteiger partial charge is 0.309 e. The smallest absolute Gasteiger partial charge is 0.0541 e. The number of hydrogen-bond donors (Lipinski definition) is 0. The highest BCUT2D eigenvalue weighted by atomic mass is 15.1. The van der Waals surface area contributed by atoms with E-state index in [0.717, 1.165) is 17.1 Å². The number of aromatic nitrogens is 1. The molecule has 1 heterocycles. The molecular formula is C78H78N2. The third-order valence-electron chi connectivity index (χ3n) is 17.1. The Morgan fingerprint density at radius 3 is 1.29 bits per heavy atom. The van der Waals surface area contributed by atoms with Gasteiger partial charge in [-0.25, -0.2) is 0 Å². The van der Waals surface area contributed by atoms with Gasteiger partial charge in [0.15, 0.2) is 0 Å². The third-order valence-corrected chi connectivity index (χ3v) is 17.1. The second-order valence-electron chi connectivity index (χ2n) is 28.0. The SMILES string of the molecule is CC(C)(C)c1ccc(-c2ccccc2-c2ccccc2N(c2ccc(-c3cc(C(C)(C)C)cc(C(C)(C)C)c3)cc2)c2ccc3ccc4c(-n5c6ccc(C(C)(C)C)cc6c6cc(C(C)(C)C)ccc65)ccc5ccc2c3c54)cc1. The van der Waals surface area contributed by atoms with Crippen LogP contribution < -0.4 is 4.90 Å². The molecular weight excluding hydrogens is 965 g/mol. The minimum Gasteiger partial charge on any atom is -0.309 e. The second kappa shape index (κ2) is 18.8. The third kappa shape index (κ3) is 9.25. The lowest BCUT2D eigenvalue weighted by atomic mass is 9.79. The van der Waals surface area contributed by atoms with E-state index in [1.807, 2.05) is 0 Å². The quantitative estimate of drug-likeness (QED) is 0.144. The number of rotatable bonds is 7. The average molecular weight is 1040 g/mol. The molecule has 0 saturated heterocycles. The minimum absolute atomic E-state index is 0.00688. The number of benzene rings is 11. The monoisotopic (exact) mass is 1040 g/mol. The first-order valence-corrected chi connectivity index (χ1v) is 29.0. The van der Waals surface area contributed by atoms with Gasteiger partial charge in [0.05, 0.1) is 28.1 Å². The first-order valence-electron chi connectivity index (χ1n) is 29.0. The molecule has 0 atom stereocenters. The van der Waals surface area contributed by atoms with Crippen LogP contribution in [0.25, 0.3) is 93.2 Å². The molecule has 2 heteroatoms. The van der Waals surface area contributed by atoms with Crippen LogP contribution in [0.5, 0.6) is 0 Å². The molecule has 12 aromatic rings. The summed E-state index contributed by atoms with van der Waals surface area (Å²) in [6.45, 7) is 34.7. The van der Waals surface area contributed by atoms with E-state index in [-0.39, 0.29) is 27.1 Å². The van der Waals surface area contributed by atoms with E-state index in [1.54, 1.807) is 0 Å². The molecule has 0 N–H and O–H groups in total. The molecule has 0 radical (unpaired) electrons. The normalized spacial score (nSPS) is 12.9. The molecule has 0 fully saturated rings. The summed E-state index contributed by atoms with van der Waals surface area (Å²) in [7, 11) is 0. The van der Waals surface area contributed by atoms with Gasteiger partial charge in [-0.3, -0.25) is 0 Å². The maximum atomic E-state index is 2.54. The molecule has 0 aliphatic heterocycles. The summed E-state index contributed by atoms with van der Waals surface area (Å²) in [6, 6.07) is 77.0. The van der Waals surface area contributed by atoms with E-state index >= 15 is 0 Å². The lowest BCUT2D eigenvalue weighted by molar-refractivity contribution is 0.569. The number of anilines is 3. The van der Waals surface area contributed by atoms with E-state index in [0.29, 0.717) is 0 Å². The van der Waals surface area contributed by atoms with Crippen molar-refractivity contribution < 1.29 is 0 Å². The molecule has 80 heavy (non-hydrogen) atoms. The van der Waals surface area contributed by atoms with E-state index < -0.39 is 0 Å². The zero-order chi connectivity index (χ0) is 56.4. The highest BCUT2D eigenvalue weighted by Crippen LogP contribution is 2.50. The Balaban J connectivity index is 1.09. The fourth-order valence-electron chi connectivity index (χ4n) is 12.3. The van der Waals surface area contributed by atoms with Crippen LogP contribution in [0.1, 0.15) is 132 Å². The minimum atomic E-state index is 0.00688. The predicted octanol–water partition coefficient (Wildman–Crippen LogP) is 22.6. The van der Waals surface area contributed by atoms with Crippen LogP contribution in [0, 0.1) is 0 Å². The van der Waals surface area contributed by atoms with Crippen molar-refractivity contribution in [2.24, 2.45) is 0 Å². The van der Waals surface area contributed by atoms with Crippen molar-refractivity contribution in [3.63, 3.8) is 0 Å². The van der Waals surface area contributed by atoms with Crippen LogP contribution in [0.4, 0.5) is 17.1 Å². The Morgan fingerprint density at radius 2 is 0.738 bits per heavy atom. The van der Waals surface area contributed by atoms with E-state index in [4.69, 9.17) is 0 Å². The van der Waals surface area contributed by atoms with Crippen molar-refractivity contribution in [3.05, 3.63) is 228 Å². The molecule has 0 unspecified atom stereocenters. The Labute approximate surface area is 476 Å². The van der Waals surface area contributed by atoms with Crippen molar-refractivity contribution in [2.45, 2.75) is 131 Å². The maximum absolute atomic E-state index is 2.54. The molecule has 12 rings (SSSR count). The zero-order valence-corrected chi connectivity index (χ0v) is 49.9. The number of fused-ring (bicyclic) bond motifs is 3. The summed E-state index contributed by atoms with van der Waals surface area (Å²) in [5.41, 5.74) is 21.1. The van der Waals surface area contributed by atoms with Crippen LogP contribution in [0.3, 0.4) is 0 Å². The first kappa shape index (κ1) is 52.7. The molecule has 0 saturated carbocycles. The van der Waals surface area contributed by atoms with Gasteiger partial charge in [-0.05, 0) is 159 Å². The van der Waals surface area contributed by atoms with Crippen LogP contribution >= 0.6 is 0 Å². The summed E-state index contributed by atoms with van der Waals surface area (Å²) in [4.78, 5) is 2.53. The van der Waals surface area contributed by atoms with Crippen LogP contribution in [-0.4, -0.2) is 4.57 Å². The van der Waals surface area contributed by atoms with Gasteiger partial charge in [0, 0.05) is 32.8 Å². The molecule has 400 valence electrons. The molecule has 0 amide bonds. The highest BCUT2D eigenvalue weighted by molar-refractivity contribution is 6.27. The zero-order valence-electron chi connectivity index (χ0n) is 49.9. The molecule has 1 aromatic heterocycles. The number of nitrogens with zero attached hydrogens (tertiary/aromatic N) is 2. The lowest BCUT2D eigenvalue weighted by Crippen LogP contribution is -2.16. The summed E-state index contributed by atoms with van der Waals surface area (Å²) in [6.07, 6.45) is 0. The highest BCUT2D eigenvalue weighted by Gasteiger charge is 2.27. The fourth-order valence-corrected chi connectivity index (χ4v) is 12.3. The Morgan fingerprint density at radius 1 is 0.287 bits per heavy atom. The maximum Gasteiger partial charge on any atom is 0.0541 e. The van der Waals surface area contributed by atoms with Crippen molar-refractivity contribution >= 4 is 71.2 Å². The molecule has 0 aliphatic rings. The second-order valence-corrected chi connectivity index (χ2v) is 28.0. The molecule has 0 spiro atoms. The summed E-state index contributed by atoms with van der Waals surface area (Å²) in [5.74, 6) is 0.